The second-order valence-electron chi connectivity index (χ2n) is 4.73. The highest BCUT2D eigenvalue weighted by molar-refractivity contribution is 7.92. The van der Waals surface area contributed by atoms with Crippen molar-refractivity contribution in [2.24, 2.45) is 5.73 Å². The fourth-order valence-electron chi connectivity index (χ4n) is 1.94. The summed E-state index contributed by atoms with van der Waals surface area (Å²) in [6, 6.07) is 3.87. The molecule has 5 heteroatoms. The number of rotatable bonds is 4. The minimum absolute atomic E-state index is 0.144. The monoisotopic (exact) mass is 269 g/mol. The molecule has 1 unspecified atom stereocenters. The Balaban J connectivity index is 3.17. The lowest BCUT2D eigenvalue weighted by atomic mass is 10.0. The first kappa shape index (κ1) is 14.7. The highest BCUT2D eigenvalue weighted by Crippen LogP contribution is 2.20. The van der Waals surface area contributed by atoms with Crippen LogP contribution in [-0.2, 0) is 20.4 Å². The van der Waals surface area contributed by atoms with Crippen LogP contribution >= 0.6 is 0 Å². The van der Waals surface area contributed by atoms with Crippen LogP contribution in [0, 0.1) is 20.8 Å². The molecule has 0 radical (unpaired) electrons. The van der Waals surface area contributed by atoms with E-state index in [-0.39, 0.29) is 5.75 Å². The predicted octanol–water partition coefficient (Wildman–Crippen LogP) is 1.40. The number of sulfone groups is 1. The molecule has 2 N–H and O–H groups in total. The Bertz CT molecular complexity index is 553. The summed E-state index contributed by atoms with van der Waals surface area (Å²) >= 11 is 0. The fraction of sp³-hybridized carbons (Fsp3) is 0.462. The first-order valence-electron chi connectivity index (χ1n) is 5.72. The minimum Gasteiger partial charge on any atom is -0.369 e. The van der Waals surface area contributed by atoms with E-state index >= 15 is 0 Å². The van der Waals surface area contributed by atoms with Crippen molar-refractivity contribution in [1.82, 2.24) is 0 Å². The van der Waals surface area contributed by atoms with Crippen molar-refractivity contribution in [3.8, 4) is 0 Å². The van der Waals surface area contributed by atoms with E-state index in [2.05, 4.69) is 0 Å². The fourth-order valence-corrected chi connectivity index (χ4v) is 3.40. The summed E-state index contributed by atoms with van der Waals surface area (Å²) in [5.74, 6) is -0.952. The smallest absolute Gasteiger partial charge is 0.235 e. The molecule has 0 aliphatic rings. The minimum atomic E-state index is -3.54. The number of carbonyl (C=O) groups excluding carboxylic acids is 1. The van der Waals surface area contributed by atoms with Crippen LogP contribution in [0.4, 0.5) is 0 Å². The summed E-state index contributed by atoms with van der Waals surface area (Å²) in [5, 5.41) is -1.15. The molecule has 4 nitrogen and oxygen atoms in total. The third-order valence-electron chi connectivity index (χ3n) is 3.13. The Hall–Kier alpha value is -1.36. The van der Waals surface area contributed by atoms with Gasteiger partial charge in [-0.25, -0.2) is 8.42 Å². The van der Waals surface area contributed by atoms with Gasteiger partial charge in [0.15, 0.2) is 9.84 Å². The van der Waals surface area contributed by atoms with Gasteiger partial charge in [-0.05, 0) is 44.4 Å². The summed E-state index contributed by atoms with van der Waals surface area (Å²) in [5.41, 5.74) is 8.76. The van der Waals surface area contributed by atoms with E-state index in [1.165, 1.54) is 6.92 Å². The summed E-state index contributed by atoms with van der Waals surface area (Å²) in [7, 11) is -3.54. The second kappa shape index (κ2) is 5.10. The quantitative estimate of drug-likeness (QED) is 0.897. The number of benzene rings is 1. The van der Waals surface area contributed by atoms with E-state index in [0.717, 1.165) is 22.3 Å². The topological polar surface area (TPSA) is 77.2 Å². The molecular formula is C13H19NO3S. The zero-order valence-electron chi connectivity index (χ0n) is 11.1. The van der Waals surface area contributed by atoms with Gasteiger partial charge in [0, 0.05) is 0 Å². The molecule has 1 aromatic rings. The maximum absolute atomic E-state index is 12.0. The van der Waals surface area contributed by atoms with Gasteiger partial charge in [-0.3, -0.25) is 4.79 Å². The van der Waals surface area contributed by atoms with Crippen molar-refractivity contribution in [2.75, 3.05) is 0 Å². The molecule has 0 fully saturated rings. The Kier molecular flexibility index (Phi) is 4.16. The lowest BCUT2D eigenvalue weighted by Gasteiger charge is -2.14. The Morgan fingerprint density at radius 3 is 2.06 bits per heavy atom. The van der Waals surface area contributed by atoms with Crippen LogP contribution in [0.5, 0.6) is 0 Å². The molecule has 1 amide bonds. The molecule has 1 atom stereocenters. The maximum Gasteiger partial charge on any atom is 0.235 e. The van der Waals surface area contributed by atoms with Crippen molar-refractivity contribution in [1.29, 1.82) is 0 Å². The molecule has 1 rings (SSSR count). The van der Waals surface area contributed by atoms with Crippen molar-refractivity contribution in [2.45, 2.75) is 38.7 Å². The summed E-state index contributed by atoms with van der Waals surface area (Å²) in [6.07, 6.45) is 0. The van der Waals surface area contributed by atoms with Crippen LogP contribution in [0.15, 0.2) is 12.1 Å². The summed E-state index contributed by atoms with van der Waals surface area (Å²) < 4.78 is 24.1. The molecule has 0 heterocycles. The Morgan fingerprint density at radius 2 is 1.67 bits per heavy atom. The zero-order valence-corrected chi connectivity index (χ0v) is 12.0. The Labute approximate surface area is 108 Å². The van der Waals surface area contributed by atoms with Crippen LogP contribution in [0.2, 0.25) is 0 Å². The number of aryl methyl sites for hydroxylation is 3. The van der Waals surface area contributed by atoms with E-state index in [4.69, 9.17) is 5.73 Å². The van der Waals surface area contributed by atoms with Gasteiger partial charge in [0.05, 0.1) is 5.75 Å². The third-order valence-corrected chi connectivity index (χ3v) is 5.13. The number of nitrogens with two attached hydrogens (primary N) is 1. The number of amides is 1. The summed E-state index contributed by atoms with van der Waals surface area (Å²) in [6.45, 7) is 7.04. The van der Waals surface area contributed by atoms with Crippen LogP contribution in [0.1, 0.15) is 29.2 Å². The van der Waals surface area contributed by atoms with Gasteiger partial charge in [-0.15, -0.1) is 0 Å². The molecule has 0 aliphatic heterocycles. The zero-order chi connectivity index (χ0) is 14.1. The molecule has 0 spiro atoms. The molecule has 1 aromatic carbocycles. The van der Waals surface area contributed by atoms with E-state index in [1.807, 2.05) is 32.9 Å². The molecular weight excluding hydrogens is 250 g/mol. The SMILES string of the molecule is Cc1cc(C)c(CS(=O)(=O)C(C)C(N)=O)c(C)c1. The average Bonchev–Trinajstić information content (AvgIpc) is 2.22. The number of carbonyl (C=O) groups is 1. The lowest BCUT2D eigenvalue weighted by Crippen LogP contribution is -2.34. The van der Waals surface area contributed by atoms with Crippen LogP contribution < -0.4 is 5.73 Å². The molecule has 0 saturated carbocycles. The van der Waals surface area contributed by atoms with Gasteiger partial charge in [-0.2, -0.15) is 0 Å². The molecule has 0 bridgehead atoms. The van der Waals surface area contributed by atoms with Gasteiger partial charge in [-0.1, -0.05) is 17.7 Å². The van der Waals surface area contributed by atoms with Crippen LogP contribution in [-0.4, -0.2) is 19.6 Å². The largest absolute Gasteiger partial charge is 0.369 e. The number of hydrogen-bond acceptors (Lipinski definition) is 3. The second-order valence-corrected chi connectivity index (χ2v) is 7.05. The predicted molar refractivity (Wildman–Crippen MR) is 71.9 cm³/mol. The number of primary amides is 1. The molecule has 0 saturated heterocycles. The van der Waals surface area contributed by atoms with Gasteiger partial charge >= 0.3 is 0 Å². The normalized spacial score (nSPS) is 13.3. The van der Waals surface area contributed by atoms with Gasteiger partial charge in [0.2, 0.25) is 5.91 Å². The third kappa shape index (κ3) is 3.10. The highest BCUT2D eigenvalue weighted by Gasteiger charge is 2.27. The summed E-state index contributed by atoms with van der Waals surface area (Å²) in [4.78, 5) is 11.0. The number of hydrogen-bond donors (Lipinski definition) is 1. The molecule has 0 aromatic heterocycles. The van der Waals surface area contributed by atoms with Gasteiger partial charge in [0.1, 0.15) is 5.25 Å². The first-order valence-corrected chi connectivity index (χ1v) is 7.44. The molecule has 0 aliphatic carbocycles. The average molecular weight is 269 g/mol. The van der Waals surface area contributed by atoms with Crippen molar-refractivity contribution >= 4 is 15.7 Å². The van der Waals surface area contributed by atoms with E-state index < -0.39 is 21.0 Å². The highest BCUT2D eigenvalue weighted by atomic mass is 32.2. The lowest BCUT2D eigenvalue weighted by molar-refractivity contribution is -0.117. The van der Waals surface area contributed by atoms with Crippen LogP contribution in [0.3, 0.4) is 0 Å². The van der Waals surface area contributed by atoms with Crippen molar-refractivity contribution < 1.29 is 13.2 Å². The molecule has 100 valence electrons. The standard InChI is InChI=1S/C13H19NO3S/c1-8-5-9(2)12(10(3)6-8)7-18(16,17)11(4)13(14)15/h5-6,11H,7H2,1-4H3,(H2,14,15). The van der Waals surface area contributed by atoms with Crippen LogP contribution in [0.25, 0.3) is 0 Å². The van der Waals surface area contributed by atoms with Gasteiger partial charge in [0.25, 0.3) is 0 Å². The van der Waals surface area contributed by atoms with Crippen molar-refractivity contribution in [3.63, 3.8) is 0 Å². The van der Waals surface area contributed by atoms with Crippen molar-refractivity contribution in [3.05, 3.63) is 34.4 Å². The maximum atomic E-state index is 12.0. The first-order chi connectivity index (χ1) is 8.15. The molecule has 18 heavy (non-hydrogen) atoms. The van der Waals surface area contributed by atoms with E-state index in [0.29, 0.717) is 0 Å². The van der Waals surface area contributed by atoms with Gasteiger partial charge < -0.3 is 5.73 Å². The Morgan fingerprint density at radius 1 is 1.22 bits per heavy atom. The van der Waals surface area contributed by atoms with E-state index in [9.17, 15) is 13.2 Å². The van der Waals surface area contributed by atoms with E-state index in [1.54, 1.807) is 0 Å².